The predicted molar refractivity (Wildman–Crippen MR) is 74.9 cm³/mol. The van der Waals surface area contributed by atoms with E-state index in [0.717, 1.165) is 0 Å². The summed E-state index contributed by atoms with van der Waals surface area (Å²) in [6, 6.07) is 9.37. The third kappa shape index (κ3) is 4.47. The first-order valence-corrected chi connectivity index (χ1v) is 6.38. The van der Waals surface area contributed by atoms with Crippen LogP contribution in [-0.2, 0) is 0 Å². The van der Waals surface area contributed by atoms with Crippen LogP contribution in [0.3, 0.4) is 0 Å². The molecule has 0 fully saturated rings. The van der Waals surface area contributed by atoms with Crippen LogP contribution in [0.15, 0.2) is 42.6 Å². The molecule has 0 aliphatic rings. The van der Waals surface area contributed by atoms with Crippen LogP contribution in [0.2, 0.25) is 0 Å². The maximum absolute atomic E-state index is 12.3. The van der Waals surface area contributed by atoms with Crippen LogP contribution in [0, 0.1) is 6.92 Å². The summed E-state index contributed by atoms with van der Waals surface area (Å²) in [6.45, 7) is 0.285. The van der Waals surface area contributed by atoms with Crippen LogP contribution in [0.5, 0.6) is 5.75 Å². The Hall–Kier alpha value is -2.57. The van der Waals surface area contributed by atoms with E-state index in [2.05, 4.69) is 10.3 Å². The summed E-state index contributed by atoms with van der Waals surface area (Å²) in [5.74, 6) is -0.567. The molecule has 4 nitrogen and oxygen atoms in total. The van der Waals surface area contributed by atoms with E-state index in [9.17, 15) is 18.0 Å². The average Bonchev–Trinajstić information content (AvgIpc) is 2.47. The lowest BCUT2D eigenvalue weighted by atomic mass is 10.2. The van der Waals surface area contributed by atoms with E-state index < -0.39 is 18.7 Å². The zero-order valence-corrected chi connectivity index (χ0v) is 11.6. The number of aryl methyl sites for hydroxylation is 1. The Morgan fingerprint density at radius 2 is 2.05 bits per heavy atom. The molecule has 0 unspecified atom stereocenters. The second-order valence-corrected chi connectivity index (χ2v) is 4.57. The number of aromatic nitrogens is 1. The van der Waals surface area contributed by atoms with Gasteiger partial charge in [-0.1, -0.05) is 12.1 Å². The molecule has 0 aliphatic carbocycles. The van der Waals surface area contributed by atoms with Gasteiger partial charge >= 0.3 is 6.18 Å². The van der Waals surface area contributed by atoms with Crippen molar-refractivity contribution in [3.8, 4) is 5.75 Å². The fraction of sp³-hybridized carbons (Fsp3) is 0.200. The number of hydrogen-bond donors (Lipinski definition) is 1. The summed E-state index contributed by atoms with van der Waals surface area (Å²) in [6.07, 6.45) is -3.00. The fourth-order valence-corrected chi connectivity index (χ4v) is 1.70. The smallest absolute Gasteiger partial charge is 0.422 e. The molecule has 7 heteroatoms. The van der Waals surface area contributed by atoms with E-state index in [1.807, 2.05) is 0 Å². The number of nitrogens with one attached hydrogen (secondary N) is 1. The topological polar surface area (TPSA) is 51.2 Å². The van der Waals surface area contributed by atoms with E-state index in [1.54, 1.807) is 25.1 Å². The van der Waals surface area contributed by atoms with Gasteiger partial charge in [0.25, 0.3) is 5.91 Å². The zero-order valence-electron chi connectivity index (χ0n) is 11.6. The SMILES string of the molecule is Cc1ccc(NC(=O)c2ccccn2)c(OCC(F)(F)F)c1. The summed E-state index contributed by atoms with van der Waals surface area (Å²) in [7, 11) is 0. The zero-order chi connectivity index (χ0) is 16.2. The highest BCUT2D eigenvalue weighted by molar-refractivity contribution is 6.03. The highest BCUT2D eigenvalue weighted by atomic mass is 19.4. The van der Waals surface area contributed by atoms with Crippen molar-refractivity contribution in [1.29, 1.82) is 0 Å². The number of ether oxygens (including phenoxy) is 1. The Labute approximate surface area is 124 Å². The fourth-order valence-electron chi connectivity index (χ4n) is 1.70. The molecule has 2 rings (SSSR count). The summed E-state index contributed by atoms with van der Waals surface area (Å²) < 4.78 is 41.6. The van der Waals surface area contributed by atoms with Crippen LogP contribution in [-0.4, -0.2) is 23.7 Å². The molecule has 1 amide bonds. The molecular weight excluding hydrogens is 297 g/mol. The Kier molecular flexibility index (Phi) is 4.65. The number of anilines is 1. The van der Waals surface area contributed by atoms with Crippen LogP contribution < -0.4 is 10.1 Å². The number of hydrogen-bond acceptors (Lipinski definition) is 3. The summed E-state index contributed by atoms with van der Waals surface area (Å²) >= 11 is 0. The van der Waals surface area contributed by atoms with Gasteiger partial charge in [0.1, 0.15) is 11.4 Å². The molecule has 0 radical (unpaired) electrons. The van der Waals surface area contributed by atoms with Crippen molar-refractivity contribution in [3.05, 3.63) is 53.9 Å². The monoisotopic (exact) mass is 310 g/mol. The van der Waals surface area contributed by atoms with Crippen molar-refractivity contribution in [2.45, 2.75) is 13.1 Å². The second-order valence-electron chi connectivity index (χ2n) is 4.57. The number of benzene rings is 1. The molecule has 0 spiro atoms. The Bertz CT molecular complexity index is 658. The number of rotatable bonds is 4. The Morgan fingerprint density at radius 1 is 1.27 bits per heavy atom. The lowest BCUT2D eigenvalue weighted by molar-refractivity contribution is -0.153. The Balaban J connectivity index is 2.18. The number of nitrogens with zero attached hydrogens (tertiary/aromatic N) is 1. The first kappa shape index (κ1) is 15.8. The standard InChI is InChI=1S/C15H13F3N2O2/c1-10-5-6-11(13(8-10)22-9-15(16,17)18)20-14(21)12-4-2-3-7-19-12/h2-8H,9H2,1H3,(H,20,21). The average molecular weight is 310 g/mol. The summed E-state index contributed by atoms with van der Waals surface area (Å²) in [5.41, 5.74) is 1.03. The van der Waals surface area contributed by atoms with Gasteiger partial charge in [0.2, 0.25) is 0 Å². The molecule has 0 saturated carbocycles. The molecule has 2 aromatic rings. The molecule has 1 heterocycles. The van der Waals surface area contributed by atoms with Crippen molar-refractivity contribution >= 4 is 11.6 Å². The van der Waals surface area contributed by atoms with E-state index in [1.165, 1.54) is 24.4 Å². The minimum Gasteiger partial charge on any atom is -0.482 e. The van der Waals surface area contributed by atoms with E-state index in [-0.39, 0.29) is 17.1 Å². The molecule has 0 saturated heterocycles. The minimum atomic E-state index is -4.45. The second kappa shape index (κ2) is 6.46. The van der Waals surface area contributed by atoms with Crippen LogP contribution in [0.1, 0.15) is 16.1 Å². The molecule has 1 aromatic carbocycles. The normalized spacial score (nSPS) is 11.1. The Morgan fingerprint density at radius 3 is 2.68 bits per heavy atom. The number of halogens is 3. The first-order valence-electron chi connectivity index (χ1n) is 6.38. The maximum atomic E-state index is 12.3. The van der Waals surface area contributed by atoms with Gasteiger partial charge in [-0.3, -0.25) is 9.78 Å². The summed E-state index contributed by atoms with van der Waals surface area (Å²) in [5, 5.41) is 2.50. The van der Waals surface area contributed by atoms with Crippen LogP contribution >= 0.6 is 0 Å². The number of amides is 1. The van der Waals surface area contributed by atoms with Gasteiger partial charge in [-0.05, 0) is 36.8 Å². The van der Waals surface area contributed by atoms with Gasteiger partial charge in [0.15, 0.2) is 6.61 Å². The quantitative estimate of drug-likeness (QED) is 0.939. The third-order valence-corrected chi connectivity index (χ3v) is 2.67. The molecule has 0 atom stereocenters. The van der Waals surface area contributed by atoms with Crippen LogP contribution in [0.25, 0.3) is 0 Å². The van der Waals surface area contributed by atoms with Gasteiger partial charge in [-0.15, -0.1) is 0 Å². The minimum absolute atomic E-state index is 0.0402. The van der Waals surface area contributed by atoms with Gasteiger partial charge in [-0.25, -0.2) is 0 Å². The molecule has 0 bridgehead atoms. The van der Waals surface area contributed by atoms with Gasteiger partial charge < -0.3 is 10.1 Å². The van der Waals surface area contributed by atoms with Crippen molar-refractivity contribution in [2.24, 2.45) is 0 Å². The van der Waals surface area contributed by atoms with E-state index >= 15 is 0 Å². The van der Waals surface area contributed by atoms with Crippen molar-refractivity contribution in [2.75, 3.05) is 11.9 Å². The van der Waals surface area contributed by atoms with E-state index in [4.69, 9.17) is 4.74 Å². The highest BCUT2D eigenvalue weighted by Crippen LogP contribution is 2.28. The van der Waals surface area contributed by atoms with Crippen molar-refractivity contribution in [3.63, 3.8) is 0 Å². The number of carbonyl (C=O) groups is 1. The molecule has 1 N–H and O–H groups in total. The predicted octanol–water partition coefficient (Wildman–Crippen LogP) is 3.58. The largest absolute Gasteiger partial charge is 0.482 e. The van der Waals surface area contributed by atoms with E-state index in [0.29, 0.717) is 5.56 Å². The maximum Gasteiger partial charge on any atom is 0.422 e. The summed E-state index contributed by atoms with van der Waals surface area (Å²) in [4.78, 5) is 15.9. The number of carbonyl (C=O) groups excluding carboxylic acids is 1. The van der Waals surface area contributed by atoms with Gasteiger partial charge in [-0.2, -0.15) is 13.2 Å². The lowest BCUT2D eigenvalue weighted by Crippen LogP contribution is -2.20. The molecular formula is C15H13F3N2O2. The van der Waals surface area contributed by atoms with Crippen molar-refractivity contribution in [1.82, 2.24) is 4.98 Å². The molecule has 1 aromatic heterocycles. The van der Waals surface area contributed by atoms with Crippen molar-refractivity contribution < 1.29 is 22.7 Å². The lowest BCUT2D eigenvalue weighted by Gasteiger charge is -2.14. The third-order valence-electron chi connectivity index (χ3n) is 2.67. The van der Waals surface area contributed by atoms with Crippen LogP contribution in [0.4, 0.5) is 18.9 Å². The highest BCUT2D eigenvalue weighted by Gasteiger charge is 2.29. The first-order chi connectivity index (χ1) is 10.3. The number of alkyl halides is 3. The van der Waals surface area contributed by atoms with Gasteiger partial charge in [0, 0.05) is 6.20 Å². The molecule has 22 heavy (non-hydrogen) atoms. The molecule has 0 aliphatic heterocycles. The number of pyridine rings is 1. The van der Waals surface area contributed by atoms with Gasteiger partial charge in [0.05, 0.1) is 5.69 Å². The molecule has 116 valence electrons.